The molecule has 25 heavy (non-hydrogen) atoms. The molecule has 0 atom stereocenters. The molecule has 2 rings (SSSR count). The maximum absolute atomic E-state index is 12.4. The van der Waals surface area contributed by atoms with Gasteiger partial charge in [0.2, 0.25) is 0 Å². The minimum Gasteiger partial charge on any atom is -0.490 e. The summed E-state index contributed by atoms with van der Waals surface area (Å²) in [4.78, 5) is 24.7. The van der Waals surface area contributed by atoms with E-state index < -0.39 is 11.9 Å². The third kappa shape index (κ3) is 5.84. The number of ether oxygens (including phenoxy) is 2. The van der Waals surface area contributed by atoms with Gasteiger partial charge in [0.15, 0.2) is 18.1 Å². The Kier molecular flexibility index (Phi) is 6.83. The molecule has 1 N–H and O–H groups in total. The van der Waals surface area contributed by atoms with Gasteiger partial charge in [0.25, 0.3) is 5.91 Å². The topological polar surface area (TPSA) is 76.1 Å². The molecule has 0 heterocycles. The highest BCUT2D eigenvalue weighted by Gasteiger charge is 2.18. The number of carbonyl (C=O) groups excluding carboxylic acids is 1. The lowest BCUT2D eigenvalue weighted by atomic mass is 10.2. The van der Waals surface area contributed by atoms with E-state index in [2.05, 4.69) is 0 Å². The predicted octanol–water partition coefficient (Wildman–Crippen LogP) is 2.58. The normalized spacial score (nSPS) is 10.1. The summed E-state index contributed by atoms with van der Waals surface area (Å²) in [5, 5.41) is 9.06. The number of benzene rings is 2. The van der Waals surface area contributed by atoms with Crippen LogP contribution in [-0.4, -0.2) is 41.6 Å². The van der Waals surface area contributed by atoms with E-state index in [1.807, 2.05) is 43.3 Å². The molecule has 0 aromatic heterocycles. The zero-order chi connectivity index (χ0) is 18.1. The first-order valence-corrected chi connectivity index (χ1v) is 7.98. The smallest absolute Gasteiger partial charge is 0.323 e. The second kappa shape index (κ2) is 9.32. The molecule has 6 heteroatoms. The van der Waals surface area contributed by atoms with Crippen LogP contribution in [0, 0.1) is 0 Å². The van der Waals surface area contributed by atoms with Crippen molar-refractivity contribution in [2.24, 2.45) is 0 Å². The number of hydrogen-bond donors (Lipinski definition) is 1. The molecule has 0 saturated heterocycles. The van der Waals surface area contributed by atoms with Crippen molar-refractivity contribution in [3.63, 3.8) is 0 Å². The third-order valence-corrected chi connectivity index (χ3v) is 3.40. The van der Waals surface area contributed by atoms with Gasteiger partial charge < -0.3 is 19.5 Å². The SMILES string of the molecule is CCOc1ccccc1OCC(=O)N(CC(=O)O)Cc1ccccc1. The number of rotatable bonds is 9. The molecule has 2 aromatic carbocycles. The van der Waals surface area contributed by atoms with Crippen LogP contribution in [0.4, 0.5) is 0 Å². The summed E-state index contributed by atoms with van der Waals surface area (Å²) < 4.78 is 11.0. The average molecular weight is 343 g/mol. The molecular weight excluding hydrogens is 322 g/mol. The van der Waals surface area contributed by atoms with E-state index in [1.165, 1.54) is 4.90 Å². The molecule has 6 nitrogen and oxygen atoms in total. The van der Waals surface area contributed by atoms with Gasteiger partial charge in [-0.1, -0.05) is 42.5 Å². The van der Waals surface area contributed by atoms with Crippen molar-refractivity contribution in [1.29, 1.82) is 0 Å². The average Bonchev–Trinajstić information content (AvgIpc) is 2.61. The van der Waals surface area contributed by atoms with E-state index in [4.69, 9.17) is 14.6 Å². The summed E-state index contributed by atoms with van der Waals surface area (Å²) in [6.45, 7) is 1.90. The van der Waals surface area contributed by atoms with E-state index in [1.54, 1.807) is 18.2 Å². The first kappa shape index (κ1) is 18.3. The fourth-order valence-corrected chi connectivity index (χ4v) is 2.27. The van der Waals surface area contributed by atoms with Gasteiger partial charge in [-0.05, 0) is 24.6 Å². The van der Waals surface area contributed by atoms with Crippen molar-refractivity contribution >= 4 is 11.9 Å². The molecule has 0 bridgehead atoms. The van der Waals surface area contributed by atoms with Crippen LogP contribution >= 0.6 is 0 Å². The Bertz CT molecular complexity index is 702. The Morgan fingerprint density at radius 3 is 2.16 bits per heavy atom. The molecule has 2 aromatic rings. The number of aliphatic carboxylic acids is 1. The zero-order valence-corrected chi connectivity index (χ0v) is 14.1. The van der Waals surface area contributed by atoms with E-state index >= 15 is 0 Å². The molecule has 0 radical (unpaired) electrons. The number of nitrogens with zero attached hydrogens (tertiary/aromatic N) is 1. The van der Waals surface area contributed by atoms with E-state index in [0.717, 1.165) is 5.56 Å². The van der Waals surface area contributed by atoms with E-state index in [-0.39, 0.29) is 19.7 Å². The van der Waals surface area contributed by atoms with Crippen LogP contribution in [0.25, 0.3) is 0 Å². The van der Waals surface area contributed by atoms with Crippen molar-refractivity contribution in [1.82, 2.24) is 4.90 Å². The molecule has 132 valence electrons. The van der Waals surface area contributed by atoms with Crippen LogP contribution in [0.5, 0.6) is 11.5 Å². The molecule has 0 aliphatic rings. The fourth-order valence-electron chi connectivity index (χ4n) is 2.27. The highest BCUT2D eigenvalue weighted by atomic mass is 16.5. The van der Waals surface area contributed by atoms with Crippen LogP contribution in [0.2, 0.25) is 0 Å². The molecule has 0 aliphatic carbocycles. The number of amides is 1. The lowest BCUT2D eigenvalue weighted by Crippen LogP contribution is -2.38. The Morgan fingerprint density at radius 2 is 1.56 bits per heavy atom. The van der Waals surface area contributed by atoms with E-state index in [0.29, 0.717) is 18.1 Å². The Hall–Kier alpha value is -3.02. The highest BCUT2D eigenvalue weighted by molar-refractivity contribution is 5.82. The minimum absolute atomic E-state index is 0.211. The quantitative estimate of drug-likeness (QED) is 0.757. The predicted molar refractivity (Wildman–Crippen MR) is 92.6 cm³/mol. The number of carboxylic acid groups (broad SMARTS) is 1. The monoisotopic (exact) mass is 343 g/mol. The molecule has 0 unspecified atom stereocenters. The highest BCUT2D eigenvalue weighted by Crippen LogP contribution is 2.26. The molecular formula is C19H21NO5. The minimum atomic E-state index is -1.07. The Morgan fingerprint density at radius 1 is 0.960 bits per heavy atom. The summed E-state index contributed by atoms with van der Waals surface area (Å²) in [7, 11) is 0. The van der Waals surface area contributed by atoms with Crippen LogP contribution in [-0.2, 0) is 16.1 Å². The maximum atomic E-state index is 12.4. The van der Waals surface area contributed by atoms with Gasteiger partial charge in [-0.25, -0.2) is 0 Å². The van der Waals surface area contributed by atoms with Crippen LogP contribution in [0.3, 0.4) is 0 Å². The lowest BCUT2D eigenvalue weighted by molar-refractivity contribution is -0.145. The largest absolute Gasteiger partial charge is 0.490 e. The van der Waals surface area contributed by atoms with Crippen LogP contribution in [0.15, 0.2) is 54.6 Å². The molecule has 0 fully saturated rings. The number of carboxylic acids is 1. The van der Waals surface area contributed by atoms with Crippen LogP contribution < -0.4 is 9.47 Å². The summed E-state index contributed by atoms with van der Waals surface area (Å²) in [5.74, 6) is -0.477. The van der Waals surface area contributed by atoms with Crippen molar-refractivity contribution in [2.75, 3.05) is 19.8 Å². The Balaban J connectivity index is 2.03. The van der Waals surface area contributed by atoms with Gasteiger partial charge in [0, 0.05) is 6.54 Å². The van der Waals surface area contributed by atoms with Gasteiger partial charge in [0.05, 0.1) is 6.61 Å². The molecule has 0 saturated carbocycles. The van der Waals surface area contributed by atoms with Gasteiger partial charge in [-0.2, -0.15) is 0 Å². The summed E-state index contributed by atoms with van der Waals surface area (Å²) in [6.07, 6.45) is 0. The van der Waals surface area contributed by atoms with Gasteiger partial charge in [0.1, 0.15) is 6.54 Å². The van der Waals surface area contributed by atoms with Crippen molar-refractivity contribution in [2.45, 2.75) is 13.5 Å². The van der Waals surface area contributed by atoms with Crippen molar-refractivity contribution in [3.05, 3.63) is 60.2 Å². The standard InChI is InChI=1S/C19H21NO5/c1-2-24-16-10-6-7-11-17(16)25-14-18(21)20(13-19(22)23)12-15-8-4-3-5-9-15/h3-11H,2,12-14H2,1H3,(H,22,23). The van der Waals surface area contributed by atoms with Crippen LogP contribution in [0.1, 0.15) is 12.5 Å². The van der Waals surface area contributed by atoms with Crippen molar-refractivity contribution < 1.29 is 24.2 Å². The summed E-state index contributed by atoms with van der Waals surface area (Å²) in [5.41, 5.74) is 0.854. The van der Waals surface area contributed by atoms with Gasteiger partial charge in [-0.15, -0.1) is 0 Å². The zero-order valence-electron chi connectivity index (χ0n) is 14.1. The first-order chi connectivity index (χ1) is 12.1. The fraction of sp³-hybridized carbons (Fsp3) is 0.263. The molecule has 0 spiro atoms. The number of hydrogen-bond acceptors (Lipinski definition) is 4. The lowest BCUT2D eigenvalue weighted by Gasteiger charge is -2.21. The third-order valence-electron chi connectivity index (χ3n) is 3.40. The van der Waals surface area contributed by atoms with Gasteiger partial charge >= 0.3 is 5.97 Å². The Labute approximate surface area is 146 Å². The first-order valence-electron chi connectivity index (χ1n) is 7.98. The second-order valence-electron chi connectivity index (χ2n) is 5.30. The summed E-state index contributed by atoms with van der Waals surface area (Å²) in [6, 6.07) is 16.3. The molecule has 0 aliphatic heterocycles. The van der Waals surface area contributed by atoms with E-state index in [9.17, 15) is 9.59 Å². The van der Waals surface area contributed by atoms with Crippen molar-refractivity contribution in [3.8, 4) is 11.5 Å². The molecule has 1 amide bonds. The summed E-state index contributed by atoms with van der Waals surface area (Å²) >= 11 is 0. The second-order valence-corrected chi connectivity index (χ2v) is 5.30. The number of para-hydroxylation sites is 2. The maximum Gasteiger partial charge on any atom is 0.323 e. The number of carbonyl (C=O) groups is 2. The van der Waals surface area contributed by atoms with Gasteiger partial charge in [-0.3, -0.25) is 9.59 Å².